The molecule has 88 valence electrons. The van der Waals surface area contributed by atoms with E-state index in [1.165, 1.54) is 11.3 Å². The number of anilines is 1. The van der Waals surface area contributed by atoms with Crippen molar-refractivity contribution in [2.24, 2.45) is 0 Å². The highest BCUT2D eigenvalue weighted by molar-refractivity contribution is 7.20. The standard InChI is InChI=1S/C12H9Cl2NOS/c1-7-3-2-4-8(5-7)15-12(16)9-6-10(13)17-11(9)14/h2-6H,1H3,(H,15,16). The van der Waals surface area contributed by atoms with Gasteiger partial charge in [0.2, 0.25) is 0 Å². The molecule has 2 nitrogen and oxygen atoms in total. The Morgan fingerprint density at radius 1 is 1.29 bits per heavy atom. The minimum Gasteiger partial charge on any atom is -0.322 e. The number of rotatable bonds is 2. The topological polar surface area (TPSA) is 29.1 Å². The molecule has 1 aromatic heterocycles. The predicted molar refractivity (Wildman–Crippen MR) is 73.5 cm³/mol. The maximum atomic E-state index is 11.9. The van der Waals surface area contributed by atoms with E-state index in [2.05, 4.69) is 5.32 Å². The lowest BCUT2D eigenvalue weighted by Crippen LogP contribution is -2.11. The van der Waals surface area contributed by atoms with Crippen LogP contribution in [0.3, 0.4) is 0 Å². The third kappa shape index (κ3) is 3.00. The summed E-state index contributed by atoms with van der Waals surface area (Å²) in [5.41, 5.74) is 2.23. The first-order chi connectivity index (χ1) is 8.06. The number of carbonyl (C=O) groups is 1. The average molecular weight is 286 g/mol. The van der Waals surface area contributed by atoms with E-state index in [4.69, 9.17) is 23.2 Å². The van der Waals surface area contributed by atoms with Crippen molar-refractivity contribution in [2.45, 2.75) is 6.92 Å². The highest BCUT2D eigenvalue weighted by Gasteiger charge is 2.14. The molecular formula is C12H9Cl2NOS. The summed E-state index contributed by atoms with van der Waals surface area (Å²) in [7, 11) is 0. The lowest BCUT2D eigenvalue weighted by molar-refractivity contribution is 0.102. The SMILES string of the molecule is Cc1cccc(NC(=O)c2cc(Cl)sc2Cl)c1. The summed E-state index contributed by atoms with van der Waals surface area (Å²) in [6, 6.07) is 9.13. The van der Waals surface area contributed by atoms with Crippen molar-refractivity contribution in [1.29, 1.82) is 0 Å². The number of carbonyl (C=O) groups excluding carboxylic acids is 1. The normalized spacial score (nSPS) is 10.3. The quantitative estimate of drug-likeness (QED) is 0.857. The molecule has 17 heavy (non-hydrogen) atoms. The first-order valence-electron chi connectivity index (χ1n) is 4.89. The monoisotopic (exact) mass is 285 g/mol. The number of nitrogens with one attached hydrogen (secondary N) is 1. The Labute approximate surface area is 113 Å². The van der Waals surface area contributed by atoms with Crippen LogP contribution in [0.5, 0.6) is 0 Å². The Morgan fingerprint density at radius 2 is 2.06 bits per heavy atom. The van der Waals surface area contributed by atoms with E-state index in [-0.39, 0.29) is 5.91 Å². The molecule has 1 amide bonds. The molecule has 0 unspecified atom stereocenters. The van der Waals surface area contributed by atoms with Crippen molar-refractivity contribution in [1.82, 2.24) is 0 Å². The molecule has 0 atom stereocenters. The fourth-order valence-electron chi connectivity index (χ4n) is 1.42. The van der Waals surface area contributed by atoms with Crippen LogP contribution in [0, 0.1) is 6.92 Å². The van der Waals surface area contributed by atoms with Crippen molar-refractivity contribution in [3.63, 3.8) is 0 Å². The maximum Gasteiger partial charge on any atom is 0.258 e. The smallest absolute Gasteiger partial charge is 0.258 e. The maximum absolute atomic E-state index is 11.9. The summed E-state index contributed by atoms with van der Waals surface area (Å²) >= 11 is 12.9. The number of benzene rings is 1. The molecule has 0 saturated carbocycles. The van der Waals surface area contributed by atoms with E-state index >= 15 is 0 Å². The minimum absolute atomic E-state index is 0.247. The molecule has 2 aromatic rings. The summed E-state index contributed by atoms with van der Waals surface area (Å²) in [6.07, 6.45) is 0. The van der Waals surface area contributed by atoms with Gasteiger partial charge in [-0.25, -0.2) is 0 Å². The van der Waals surface area contributed by atoms with E-state index in [1.807, 2.05) is 31.2 Å². The fourth-order valence-corrected chi connectivity index (χ4v) is 2.87. The van der Waals surface area contributed by atoms with E-state index in [0.717, 1.165) is 11.3 Å². The molecule has 1 N–H and O–H groups in total. The van der Waals surface area contributed by atoms with Gasteiger partial charge in [-0.15, -0.1) is 11.3 Å². The fraction of sp³-hybridized carbons (Fsp3) is 0.0833. The summed E-state index contributed by atoms with van der Waals surface area (Å²) in [6.45, 7) is 1.96. The van der Waals surface area contributed by atoms with Crippen LogP contribution in [0.4, 0.5) is 5.69 Å². The molecule has 0 fully saturated rings. The third-order valence-corrected chi connectivity index (χ3v) is 3.66. The lowest BCUT2D eigenvalue weighted by atomic mass is 10.2. The van der Waals surface area contributed by atoms with Crippen molar-refractivity contribution < 1.29 is 4.79 Å². The molecule has 0 radical (unpaired) electrons. The molecule has 5 heteroatoms. The zero-order chi connectivity index (χ0) is 12.4. The number of halogens is 2. The highest BCUT2D eigenvalue weighted by Crippen LogP contribution is 2.31. The number of amides is 1. The van der Waals surface area contributed by atoms with Crippen LogP contribution < -0.4 is 5.32 Å². The second kappa shape index (κ2) is 5.08. The van der Waals surface area contributed by atoms with Crippen LogP contribution in [0.15, 0.2) is 30.3 Å². The lowest BCUT2D eigenvalue weighted by Gasteiger charge is -2.04. The minimum atomic E-state index is -0.247. The van der Waals surface area contributed by atoms with Gasteiger partial charge in [0, 0.05) is 5.69 Å². The summed E-state index contributed by atoms with van der Waals surface area (Å²) in [5.74, 6) is -0.247. The van der Waals surface area contributed by atoms with Gasteiger partial charge in [-0.1, -0.05) is 35.3 Å². The zero-order valence-electron chi connectivity index (χ0n) is 8.96. The zero-order valence-corrected chi connectivity index (χ0v) is 11.3. The molecule has 0 aliphatic rings. The van der Waals surface area contributed by atoms with Crippen LogP contribution in [0.1, 0.15) is 15.9 Å². The first-order valence-corrected chi connectivity index (χ1v) is 6.46. The van der Waals surface area contributed by atoms with Gasteiger partial charge in [-0.3, -0.25) is 4.79 Å². The van der Waals surface area contributed by atoms with Gasteiger partial charge in [0.15, 0.2) is 0 Å². The largest absolute Gasteiger partial charge is 0.322 e. The van der Waals surface area contributed by atoms with Gasteiger partial charge >= 0.3 is 0 Å². The van der Waals surface area contributed by atoms with Crippen LogP contribution in [0.2, 0.25) is 8.67 Å². The van der Waals surface area contributed by atoms with E-state index < -0.39 is 0 Å². The predicted octanol–water partition coefficient (Wildman–Crippen LogP) is 4.62. The van der Waals surface area contributed by atoms with Crippen LogP contribution >= 0.6 is 34.5 Å². The first kappa shape index (κ1) is 12.4. The van der Waals surface area contributed by atoms with E-state index in [9.17, 15) is 4.79 Å². The molecule has 0 aliphatic heterocycles. The van der Waals surface area contributed by atoms with Gasteiger partial charge < -0.3 is 5.32 Å². The molecule has 0 bridgehead atoms. The van der Waals surface area contributed by atoms with Gasteiger partial charge in [0.25, 0.3) is 5.91 Å². The van der Waals surface area contributed by atoms with Crippen LogP contribution in [-0.4, -0.2) is 5.91 Å². The van der Waals surface area contributed by atoms with Crippen molar-refractivity contribution in [2.75, 3.05) is 5.32 Å². The number of hydrogen-bond donors (Lipinski definition) is 1. The Kier molecular flexibility index (Phi) is 3.72. The molecule has 1 heterocycles. The molecule has 0 aliphatic carbocycles. The number of thiophene rings is 1. The Bertz CT molecular complexity index is 565. The van der Waals surface area contributed by atoms with Crippen molar-refractivity contribution in [3.8, 4) is 0 Å². The van der Waals surface area contributed by atoms with Crippen molar-refractivity contribution in [3.05, 3.63) is 50.1 Å². The number of hydrogen-bond acceptors (Lipinski definition) is 2. The molecular weight excluding hydrogens is 277 g/mol. The number of aryl methyl sites for hydroxylation is 1. The van der Waals surface area contributed by atoms with Gasteiger partial charge in [-0.05, 0) is 30.7 Å². The summed E-state index contributed by atoms with van der Waals surface area (Å²) in [4.78, 5) is 11.9. The molecule has 0 spiro atoms. The van der Waals surface area contributed by atoms with E-state index in [1.54, 1.807) is 6.07 Å². The molecule has 0 saturated heterocycles. The van der Waals surface area contributed by atoms with Crippen molar-refractivity contribution >= 4 is 46.1 Å². The Morgan fingerprint density at radius 3 is 2.65 bits per heavy atom. The molecule has 2 rings (SSSR count). The molecule has 1 aromatic carbocycles. The van der Waals surface area contributed by atoms with Crippen LogP contribution in [-0.2, 0) is 0 Å². The van der Waals surface area contributed by atoms with Gasteiger partial charge in [0.05, 0.1) is 9.90 Å². The summed E-state index contributed by atoms with van der Waals surface area (Å²) in [5, 5.41) is 2.78. The second-order valence-corrected chi connectivity index (χ2v) is 5.85. The Hall–Kier alpha value is -1.03. The second-order valence-electron chi connectivity index (χ2n) is 3.56. The summed E-state index contributed by atoms with van der Waals surface area (Å²) < 4.78 is 0.907. The highest BCUT2D eigenvalue weighted by atomic mass is 35.5. The third-order valence-electron chi connectivity index (χ3n) is 2.18. The van der Waals surface area contributed by atoms with Gasteiger partial charge in [0.1, 0.15) is 4.34 Å². The average Bonchev–Trinajstić information content (AvgIpc) is 2.58. The van der Waals surface area contributed by atoms with Crippen LogP contribution in [0.25, 0.3) is 0 Å². The Balaban J connectivity index is 2.20. The van der Waals surface area contributed by atoms with E-state index in [0.29, 0.717) is 14.2 Å². The van der Waals surface area contributed by atoms with Gasteiger partial charge in [-0.2, -0.15) is 0 Å².